The third-order valence-electron chi connectivity index (χ3n) is 5.87. The van der Waals surface area contributed by atoms with Crippen LogP contribution in [0.4, 0.5) is 0 Å². The van der Waals surface area contributed by atoms with Crippen molar-refractivity contribution in [2.75, 3.05) is 27.2 Å². The van der Waals surface area contributed by atoms with Crippen LogP contribution in [0.1, 0.15) is 16.7 Å². The minimum absolute atomic E-state index is 0.0235. The van der Waals surface area contributed by atoms with Crippen molar-refractivity contribution in [1.82, 2.24) is 4.90 Å². The summed E-state index contributed by atoms with van der Waals surface area (Å²) < 4.78 is 22.4. The summed E-state index contributed by atoms with van der Waals surface area (Å²) in [6.45, 7) is 4.54. The number of likely N-dealkylation sites (N-methyl/N-ethyl adjacent to an activating group) is 1. The van der Waals surface area contributed by atoms with E-state index in [1.807, 2.05) is 18.2 Å². The summed E-state index contributed by atoms with van der Waals surface area (Å²) in [6, 6.07) is 19.2. The Morgan fingerprint density at radius 1 is 0.886 bits per heavy atom. The van der Waals surface area contributed by atoms with Gasteiger partial charge >= 0.3 is 19.1 Å². The third kappa shape index (κ3) is 5.66. The van der Waals surface area contributed by atoms with Crippen LogP contribution in [-0.4, -0.2) is 51.2 Å². The Balaban J connectivity index is 1.50. The molecular formula is C27H28BNO6. The smallest absolute Gasteiger partial charge is 0.496 e. The molecule has 0 bridgehead atoms. The minimum atomic E-state index is -1.08. The molecule has 0 unspecified atom stereocenters. The van der Waals surface area contributed by atoms with Gasteiger partial charge in [0.05, 0.1) is 20.2 Å². The van der Waals surface area contributed by atoms with Gasteiger partial charge in [-0.15, -0.1) is 0 Å². The van der Waals surface area contributed by atoms with Crippen molar-refractivity contribution in [3.63, 3.8) is 0 Å². The van der Waals surface area contributed by atoms with Gasteiger partial charge in [-0.05, 0) is 49.7 Å². The molecule has 0 radical (unpaired) electrons. The molecule has 1 saturated heterocycles. The molecule has 1 aliphatic heterocycles. The molecule has 0 atom stereocenters. The predicted molar refractivity (Wildman–Crippen MR) is 134 cm³/mol. The second-order valence-electron chi connectivity index (χ2n) is 8.61. The Kier molecular flexibility index (Phi) is 7.41. The lowest BCUT2D eigenvalue weighted by Gasteiger charge is -2.22. The highest BCUT2D eigenvalue weighted by Crippen LogP contribution is 2.37. The van der Waals surface area contributed by atoms with E-state index in [1.165, 1.54) is 11.1 Å². The highest BCUT2D eigenvalue weighted by Gasteiger charge is 2.33. The fraction of sp³-hybridized carbons (Fsp3) is 0.259. The maximum Gasteiger partial charge on any atom is 0.636 e. The number of hydrogen-bond acceptors (Lipinski definition) is 7. The van der Waals surface area contributed by atoms with Crippen LogP contribution in [0.15, 0.2) is 60.7 Å². The average molecular weight is 473 g/mol. The van der Waals surface area contributed by atoms with E-state index in [2.05, 4.69) is 32.0 Å². The minimum Gasteiger partial charge on any atom is -0.496 e. The van der Waals surface area contributed by atoms with Crippen LogP contribution in [0.5, 0.6) is 11.5 Å². The molecule has 4 rings (SSSR count). The second-order valence-corrected chi connectivity index (χ2v) is 8.61. The topological polar surface area (TPSA) is 74.3 Å². The van der Waals surface area contributed by atoms with Gasteiger partial charge in [-0.25, -0.2) is 0 Å². The number of nitrogens with zero attached hydrogens (tertiary/aromatic N) is 1. The van der Waals surface area contributed by atoms with E-state index in [0.717, 1.165) is 22.4 Å². The monoisotopic (exact) mass is 473 g/mol. The summed E-state index contributed by atoms with van der Waals surface area (Å²) in [5.74, 6) is 0.485. The third-order valence-corrected chi connectivity index (χ3v) is 5.87. The Bertz CT molecular complexity index is 1190. The lowest BCUT2D eigenvalue weighted by Crippen LogP contribution is -2.47. The van der Waals surface area contributed by atoms with Gasteiger partial charge in [-0.1, -0.05) is 48.5 Å². The summed E-state index contributed by atoms with van der Waals surface area (Å²) in [5.41, 5.74) is 6.02. The molecule has 0 saturated carbocycles. The van der Waals surface area contributed by atoms with E-state index >= 15 is 0 Å². The summed E-state index contributed by atoms with van der Waals surface area (Å²) >= 11 is 0. The zero-order valence-electron chi connectivity index (χ0n) is 20.4. The molecule has 0 spiro atoms. The zero-order valence-corrected chi connectivity index (χ0v) is 20.4. The number of hydrogen-bond donors (Lipinski definition) is 0. The lowest BCUT2D eigenvalue weighted by molar-refractivity contribution is -0.145. The molecule has 7 nitrogen and oxygen atoms in total. The van der Waals surface area contributed by atoms with E-state index < -0.39 is 19.1 Å². The number of benzene rings is 3. The number of carbonyl (C=O) groups excluding carboxylic acids is 2. The largest absolute Gasteiger partial charge is 0.636 e. The van der Waals surface area contributed by atoms with E-state index in [0.29, 0.717) is 17.8 Å². The summed E-state index contributed by atoms with van der Waals surface area (Å²) in [6.07, 6.45) is 0. The van der Waals surface area contributed by atoms with Gasteiger partial charge in [-0.2, -0.15) is 0 Å². The second kappa shape index (κ2) is 10.7. The standard InChI is InChI=1S/C27H28BNO6/c1-18-7-5-8-19(2)26(18)23-10-6-9-20(27(23)32-4)17-33-22-13-11-21(12-14-22)28-34-24(30)15-29(3)16-25(31)35-28/h5-14H,15-17H2,1-4H3. The quantitative estimate of drug-likeness (QED) is 0.509. The molecule has 1 fully saturated rings. The van der Waals surface area contributed by atoms with Crippen molar-refractivity contribution in [1.29, 1.82) is 0 Å². The van der Waals surface area contributed by atoms with Crippen molar-refractivity contribution in [2.45, 2.75) is 20.5 Å². The maximum atomic E-state index is 12.0. The first-order valence-corrected chi connectivity index (χ1v) is 11.4. The Morgan fingerprint density at radius 3 is 2.09 bits per heavy atom. The Labute approximate surface area is 205 Å². The average Bonchev–Trinajstić information content (AvgIpc) is 2.81. The van der Waals surface area contributed by atoms with Gasteiger partial charge < -0.3 is 18.8 Å². The van der Waals surface area contributed by atoms with Gasteiger partial charge in [0.2, 0.25) is 0 Å². The number of carbonyl (C=O) groups is 2. The van der Waals surface area contributed by atoms with Crippen LogP contribution in [0.3, 0.4) is 0 Å². The molecule has 0 aliphatic carbocycles. The number of methoxy groups -OCH3 is 1. The first-order chi connectivity index (χ1) is 16.9. The SMILES string of the molecule is COc1c(COc2ccc(B3OC(=O)CN(C)CC(=O)O3)cc2)cccc1-c1c(C)cccc1C. The number of rotatable bonds is 6. The fourth-order valence-corrected chi connectivity index (χ4v) is 4.23. The van der Waals surface area contributed by atoms with Crippen LogP contribution >= 0.6 is 0 Å². The molecule has 8 heteroatoms. The van der Waals surface area contributed by atoms with Gasteiger partial charge in [0.25, 0.3) is 0 Å². The molecule has 0 aromatic heterocycles. The van der Waals surface area contributed by atoms with Gasteiger partial charge in [0.1, 0.15) is 18.1 Å². The summed E-state index contributed by atoms with van der Waals surface area (Å²) in [5, 5.41) is 0. The zero-order chi connectivity index (χ0) is 24.9. The molecule has 0 amide bonds. The number of para-hydroxylation sites is 1. The first-order valence-electron chi connectivity index (χ1n) is 11.4. The molecule has 0 N–H and O–H groups in total. The van der Waals surface area contributed by atoms with E-state index in [4.69, 9.17) is 18.8 Å². The summed E-state index contributed by atoms with van der Waals surface area (Å²) in [7, 11) is 2.24. The van der Waals surface area contributed by atoms with Crippen molar-refractivity contribution >= 4 is 24.5 Å². The number of aryl methyl sites for hydroxylation is 2. The lowest BCUT2D eigenvalue weighted by atomic mass is 9.78. The van der Waals surface area contributed by atoms with Crippen molar-refractivity contribution < 1.29 is 28.4 Å². The van der Waals surface area contributed by atoms with Crippen molar-refractivity contribution in [3.8, 4) is 22.6 Å². The Hall–Kier alpha value is -3.78. The highest BCUT2D eigenvalue weighted by atomic mass is 16.6. The highest BCUT2D eigenvalue weighted by molar-refractivity contribution is 6.64. The maximum absolute atomic E-state index is 12.0. The van der Waals surface area contributed by atoms with Gasteiger partial charge in [0, 0.05) is 16.6 Å². The first kappa shape index (κ1) is 24.4. The van der Waals surface area contributed by atoms with Gasteiger partial charge in [-0.3, -0.25) is 14.5 Å². The molecule has 180 valence electrons. The molecule has 3 aromatic rings. The van der Waals surface area contributed by atoms with E-state index in [9.17, 15) is 9.59 Å². The predicted octanol–water partition coefficient (Wildman–Crippen LogP) is 3.29. The Morgan fingerprint density at radius 2 is 1.49 bits per heavy atom. The van der Waals surface area contributed by atoms with E-state index in [-0.39, 0.29) is 13.1 Å². The summed E-state index contributed by atoms with van der Waals surface area (Å²) in [4.78, 5) is 25.6. The molecule has 35 heavy (non-hydrogen) atoms. The van der Waals surface area contributed by atoms with E-state index in [1.54, 1.807) is 43.3 Å². The van der Waals surface area contributed by atoms with Crippen LogP contribution in [0, 0.1) is 13.8 Å². The molecule has 1 heterocycles. The van der Waals surface area contributed by atoms with Crippen LogP contribution in [0.2, 0.25) is 0 Å². The number of ether oxygens (including phenoxy) is 2. The van der Waals surface area contributed by atoms with Crippen molar-refractivity contribution in [2.24, 2.45) is 0 Å². The van der Waals surface area contributed by atoms with Crippen LogP contribution in [-0.2, 0) is 25.5 Å². The fourth-order valence-electron chi connectivity index (χ4n) is 4.23. The normalized spacial score (nSPS) is 14.6. The van der Waals surface area contributed by atoms with Crippen molar-refractivity contribution in [3.05, 3.63) is 77.4 Å². The van der Waals surface area contributed by atoms with Gasteiger partial charge in [0.15, 0.2) is 0 Å². The van der Waals surface area contributed by atoms with Crippen LogP contribution in [0.25, 0.3) is 11.1 Å². The molecule has 3 aromatic carbocycles. The van der Waals surface area contributed by atoms with Crippen LogP contribution < -0.4 is 14.9 Å². The molecular weight excluding hydrogens is 445 g/mol. The molecule has 1 aliphatic rings.